The topological polar surface area (TPSA) is 81.3 Å². The minimum Gasteiger partial charge on any atom is -0.467 e. The standard InChI is InChI=1S/C18H18N4O3S/c1-24-17(23)16-7-3-2-5-13(16)11-22-12-14(9-20-22)21-18(26)19-10-15-6-4-8-25-15/h2-9,12H,10-11H2,1H3,(H2,19,21,26). The maximum atomic E-state index is 11.8. The fourth-order valence-electron chi connectivity index (χ4n) is 2.41. The smallest absolute Gasteiger partial charge is 0.338 e. The first-order chi connectivity index (χ1) is 12.7. The van der Waals surface area contributed by atoms with Gasteiger partial charge in [0.05, 0.1) is 43.9 Å². The summed E-state index contributed by atoms with van der Waals surface area (Å²) in [6, 6.07) is 11.0. The van der Waals surface area contributed by atoms with Gasteiger partial charge in [-0.25, -0.2) is 4.79 Å². The molecule has 26 heavy (non-hydrogen) atoms. The van der Waals surface area contributed by atoms with E-state index in [0.29, 0.717) is 23.8 Å². The summed E-state index contributed by atoms with van der Waals surface area (Å²) in [5.74, 6) is 0.429. The van der Waals surface area contributed by atoms with E-state index in [9.17, 15) is 4.79 Å². The molecular formula is C18H18N4O3S. The Morgan fingerprint density at radius 1 is 1.31 bits per heavy atom. The molecule has 2 heterocycles. The van der Waals surface area contributed by atoms with Crippen LogP contribution in [0.1, 0.15) is 21.7 Å². The number of thiocarbonyl (C=S) groups is 1. The van der Waals surface area contributed by atoms with Crippen molar-refractivity contribution >= 4 is 29.0 Å². The summed E-state index contributed by atoms with van der Waals surface area (Å²) in [5, 5.41) is 10.9. The number of nitrogens with zero attached hydrogens (tertiary/aromatic N) is 2. The number of nitrogens with one attached hydrogen (secondary N) is 2. The maximum Gasteiger partial charge on any atom is 0.338 e. The molecule has 0 atom stereocenters. The molecule has 3 rings (SSSR count). The third-order valence-corrected chi connectivity index (χ3v) is 3.90. The molecule has 2 aromatic heterocycles. The molecule has 0 fully saturated rings. The van der Waals surface area contributed by atoms with Gasteiger partial charge in [-0.3, -0.25) is 4.68 Å². The quantitative estimate of drug-likeness (QED) is 0.510. The predicted octanol–water partition coefficient (Wildman–Crippen LogP) is 2.80. The molecule has 0 unspecified atom stereocenters. The number of carbonyl (C=O) groups excluding carboxylic acids is 1. The molecule has 0 saturated heterocycles. The number of anilines is 1. The number of carbonyl (C=O) groups is 1. The second-order valence-electron chi connectivity index (χ2n) is 5.46. The van der Waals surface area contributed by atoms with Crippen molar-refractivity contribution in [2.45, 2.75) is 13.1 Å². The van der Waals surface area contributed by atoms with Crippen LogP contribution in [0.4, 0.5) is 5.69 Å². The largest absolute Gasteiger partial charge is 0.467 e. The van der Waals surface area contributed by atoms with Crippen molar-refractivity contribution < 1.29 is 13.9 Å². The fourth-order valence-corrected chi connectivity index (χ4v) is 2.60. The molecule has 0 aliphatic rings. The first kappa shape index (κ1) is 17.7. The fraction of sp³-hybridized carbons (Fsp3) is 0.167. The number of rotatable bonds is 6. The second kappa shape index (κ2) is 8.30. The Balaban J connectivity index is 1.60. The van der Waals surface area contributed by atoms with Crippen molar-refractivity contribution in [2.24, 2.45) is 0 Å². The third-order valence-electron chi connectivity index (χ3n) is 3.65. The molecule has 0 aliphatic heterocycles. The lowest BCUT2D eigenvalue weighted by atomic mass is 10.1. The van der Waals surface area contributed by atoms with E-state index in [1.165, 1.54) is 7.11 Å². The number of methoxy groups -OCH3 is 1. The van der Waals surface area contributed by atoms with Crippen LogP contribution in [0.5, 0.6) is 0 Å². The lowest BCUT2D eigenvalue weighted by molar-refractivity contribution is 0.0599. The number of esters is 1. The summed E-state index contributed by atoms with van der Waals surface area (Å²) in [6.45, 7) is 0.943. The van der Waals surface area contributed by atoms with Crippen LogP contribution in [0.15, 0.2) is 59.5 Å². The molecule has 0 radical (unpaired) electrons. The molecule has 0 aliphatic carbocycles. The van der Waals surface area contributed by atoms with E-state index >= 15 is 0 Å². The normalized spacial score (nSPS) is 10.3. The lowest BCUT2D eigenvalue weighted by Crippen LogP contribution is -2.27. The van der Waals surface area contributed by atoms with Gasteiger partial charge < -0.3 is 19.8 Å². The highest BCUT2D eigenvalue weighted by Crippen LogP contribution is 2.13. The van der Waals surface area contributed by atoms with Gasteiger partial charge in [-0.1, -0.05) is 18.2 Å². The number of hydrogen-bond acceptors (Lipinski definition) is 5. The van der Waals surface area contributed by atoms with Crippen LogP contribution in [0.25, 0.3) is 0 Å². The van der Waals surface area contributed by atoms with E-state index in [1.54, 1.807) is 29.3 Å². The van der Waals surface area contributed by atoms with Crippen LogP contribution in [0.2, 0.25) is 0 Å². The van der Waals surface area contributed by atoms with Crippen LogP contribution in [0, 0.1) is 0 Å². The zero-order valence-corrected chi connectivity index (χ0v) is 15.0. The van der Waals surface area contributed by atoms with E-state index in [2.05, 4.69) is 15.7 Å². The van der Waals surface area contributed by atoms with Crippen molar-refractivity contribution in [3.05, 3.63) is 71.9 Å². The van der Waals surface area contributed by atoms with Crippen LogP contribution >= 0.6 is 12.2 Å². The average molecular weight is 370 g/mol. The molecule has 0 amide bonds. The minimum absolute atomic E-state index is 0.366. The number of ether oxygens (including phenoxy) is 1. The summed E-state index contributed by atoms with van der Waals surface area (Å²) >= 11 is 5.26. The second-order valence-corrected chi connectivity index (χ2v) is 5.87. The Hall–Kier alpha value is -3.13. The molecule has 1 aromatic carbocycles. The summed E-state index contributed by atoms with van der Waals surface area (Å²) in [7, 11) is 1.37. The van der Waals surface area contributed by atoms with Gasteiger partial charge in [0.1, 0.15) is 5.76 Å². The van der Waals surface area contributed by atoms with Crippen LogP contribution in [0.3, 0.4) is 0 Å². The van der Waals surface area contributed by atoms with Gasteiger partial charge in [0.25, 0.3) is 0 Å². The average Bonchev–Trinajstić information content (AvgIpc) is 3.32. The van der Waals surface area contributed by atoms with Gasteiger partial charge in [0, 0.05) is 6.20 Å². The molecule has 3 aromatic rings. The van der Waals surface area contributed by atoms with E-state index in [4.69, 9.17) is 21.4 Å². The highest BCUT2D eigenvalue weighted by molar-refractivity contribution is 7.80. The minimum atomic E-state index is -0.366. The highest BCUT2D eigenvalue weighted by Gasteiger charge is 2.12. The van der Waals surface area contributed by atoms with Gasteiger partial charge in [-0.15, -0.1) is 0 Å². The monoisotopic (exact) mass is 370 g/mol. The van der Waals surface area contributed by atoms with E-state index in [1.807, 2.05) is 30.5 Å². The molecule has 2 N–H and O–H groups in total. The van der Waals surface area contributed by atoms with E-state index < -0.39 is 0 Å². The summed E-state index contributed by atoms with van der Waals surface area (Å²) in [6.07, 6.45) is 5.10. The number of benzene rings is 1. The zero-order chi connectivity index (χ0) is 18.4. The molecule has 134 valence electrons. The molecule has 0 bridgehead atoms. The van der Waals surface area contributed by atoms with E-state index in [0.717, 1.165) is 17.0 Å². The SMILES string of the molecule is COC(=O)c1ccccc1Cn1cc(NC(=S)NCc2ccco2)cn1. The van der Waals surface area contributed by atoms with Gasteiger partial charge in [-0.2, -0.15) is 5.10 Å². The zero-order valence-electron chi connectivity index (χ0n) is 14.1. The molecule has 8 heteroatoms. The van der Waals surface area contributed by atoms with Crippen LogP contribution in [-0.2, 0) is 17.8 Å². The van der Waals surface area contributed by atoms with Crippen molar-refractivity contribution in [1.29, 1.82) is 0 Å². The number of hydrogen-bond donors (Lipinski definition) is 2. The Bertz CT molecular complexity index is 889. The Labute approximate surface area is 156 Å². The molecule has 0 spiro atoms. The molecule has 7 nitrogen and oxygen atoms in total. The van der Waals surface area contributed by atoms with Crippen LogP contribution in [-0.4, -0.2) is 28.0 Å². The summed E-state index contributed by atoms with van der Waals surface area (Å²) in [5.41, 5.74) is 2.10. The van der Waals surface area contributed by atoms with Crippen molar-refractivity contribution in [1.82, 2.24) is 15.1 Å². The van der Waals surface area contributed by atoms with Crippen LogP contribution < -0.4 is 10.6 Å². The summed E-state index contributed by atoms with van der Waals surface area (Å²) in [4.78, 5) is 11.8. The number of furan rings is 1. The Kier molecular flexibility index (Phi) is 5.65. The third kappa shape index (κ3) is 4.48. The highest BCUT2D eigenvalue weighted by atomic mass is 32.1. The van der Waals surface area contributed by atoms with Gasteiger partial charge in [-0.05, 0) is 36.0 Å². The maximum absolute atomic E-state index is 11.8. The van der Waals surface area contributed by atoms with Crippen molar-refractivity contribution in [3.63, 3.8) is 0 Å². The summed E-state index contributed by atoms with van der Waals surface area (Å²) < 4.78 is 11.8. The first-order valence-corrected chi connectivity index (χ1v) is 8.32. The van der Waals surface area contributed by atoms with Gasteiger partial charge in [0.15, 0.2) is 5.11 Å². The number of aromatic nitrogens is 2. The van der Waals surface area contributed by atoms with Gasteiger partial charge >= 0.3 is 5.97 Å². The predicted molar refractivity (Wildman–Crippen MR) is 101 cm³/mol. The van der Waals surface area contributed by atoms with E-state index in [-0.39, 0.29) is 5.97 Å². The van der Waals surface area contributed by atoms with Crippen molar-refractivity contribution in [2.75, 3.05) is 12.4 Å². The Morgan fingerprint density at radius 2 is 2.15 bits per heavy atom. The molecular weight excluding hydrogens is 352 g/mol. The van der Waals surface area contributed by atoms with Crippen molar-refractivity contribution in [3.8, 4) is 0 Å². The Morgan fingerprint density at radius 3 is 2.92 bits per heavy atom. The lowest BCUT2D eigenvalue weighted by Gasteiger charge is -2.08. The molecule has 0 saturated carbocycles. The van der Waals surface area contributed by atoms with Gasteiger partial charge in [0.2, 0.25) is 0 Å². The first-order valence-electron chi connectivity index (χ1n) is 7.91.